The fraction of sp³-hybridized carbons (Fsp3) is 0.118. The summed E-state index contributed by atoms with van der Waals surface area (Å²) in [6.45, 7) is 11.8. The Morgan fingerprint density at radius 1 is 0.250 bits per heavy atom. The molecule has 0 fully saturated rings. The predicted molar refractivity (Wildman–Crippen MR) is 285 cm³/mol. The van der Waals surface area contributed by atoms with Crippen molar-refractivity contribution < 1.29 is 0 Å². The Morgan fingerprint density at radius 2 is 0.662 bits per heavy atom. The van der Waals surface area contributed by atoms with Crippen LogP contribution in [0.15, 0.2) is 224 Å². The van der Waals surface area contributed by atoms with Gasteiger partial charge in [-0.1, -0.05) is 234 Å². The lowest BCUT2D eigenvalue weighted by molar-refractivity contribution is 0.660. The fourth-order valence-electron chi connectivity index (χ4n) is 12.9. The zero-order chi connectivity index (χ0) is 45.9. The van der Waals surface area contributed by atoms with E-state index in [9.17, 15) is 0 Å². The standard InChI is InChI=1S/C68H52/c1-43-20-9-10-27-50(43)53-32-19-37-61-65(53)56-39-38-45(44-21-7-6-8-22-44)42-62(56)68(61,48-25-15-23-46(40-48)51-30-17-35-59-63(51)54-28-11-13-33-57(54)66(59,2)3)49-26-16-24-47(41-49)52-31-18-36-60-64(52)55-29-12-14-34-58(55)67(60,4)5/h6-42H,1-5H3. The van der Waals surface area contributed by atoms with E-state index >= 15 is 0 Å². The number of hydrogen-bond donors (Lipinski definition) is 0. The van der Waals surface area contributed by atoms with E-state index in [1.807, 2.05) is 0 Å². The highest BCUT2D eigenvalue weighted by Gasteiger charge is 2.48. The van der Waals surface area contributed by atoms with Gasteiger partial charge in [0.15, 0.2) is 0 Å². The molecule has 0 unspecified atom stereocenters. The lowest BCUT2D eigenvalue weighted by Gasteiger charge is -2.35. The van der Waals surface area contributed by atoms with Gasteiger partial charge in [-0.3, -0.25) is 0 Å². The van der Waals surface area contributed by atoms with E-state index in [1.54, 1.807) is 0 Å². The Balaban J connectivity index is 1.13. The molecular formula is C68H52. The lowest BCUT2D eigenvalue weighted by Crippen LogP contribution is -2.29. The third-order valence-corrected chi connectivity index (χ3v) is 16.1. The Morgan fingerprint density at radius 3 is 1.24 bits per heavy atom. The number of hydrogen-bond acceptors (Lipinski definition) is 0. The summed E-state index contributed by atoms with van der Waals surface area (Å²) in [5.74, 6) is 0. The van der Waals surface area contributed by atoms with Crippen molar-refractivity contribution in [3.8, 4) is 77.9 Å². The van der Waals surface area contributed by atoms with Crippen LogP contribution in [0.4, 0.5) is 0 Å². The number of aryl methyl sites for hydroxylation is 1. The van der Waals surface area contributed by atoms with E-state index in [2.05, 4.69) is 259 Å². The minimum absolute atomic E-state index is 0.0995. The van der Waals surface area contributed by atoms with E-state index in [-0.39, 0.29) is 10.8 Å². The molecule has 0 heteroatoms. The molecule has 13 rings (SSSR count). The highest BCUT2D eigenvalue weighted by atomic mass is 14.5. The molecule has 0 atom stereocenters. The first-order chi connectivity index (χ1) is 33.2. The Hall–Kier alpha value is -7.80. The highest BCUT2D eigenvalue weighted by Crippen LogP contribution is 2.61. The average Bonchev–Trinajstić information content (AvgIpc) is 3.92. The molecule has 0 saturated heterocycles. The van der Waals surface area contributed by atoms with Gasteiger partial charge in [-0.25, -0.2) is 0 Å². The van der Waals surface area contributed by atoms with Crippen molar-refractivity contribution in [2.45, 2.75) is 50.9 Å². The first kappa shape index (κ1) is 40.5. The van der Waals surface area contributed by atoms with E-state index in [4.69, 9.17) is 0 Å². The Labute approximate surface area is 401 Å². The number of rotatable bonds is 6. The van der Waals surface area contributed by atoms with Gasteiger partial charge in [0.1, 0.15) is 0 Å². The van der Waals surface area contributed by atoms with Crippen LogP contribution >= 0.6 is 0 Å². The molecule has 3 aliphatic rings. The summed E-state index contributed by atoms with van der Waals surface area (Å²) in [6, 6.07) is 85.3. The molecule has 0 N–H and O–H groups in total. The summed E-state index contributed by atoms with van der Waals surface area (Å²) < 4.78 is 0. The minimum Gasteiger partial charge on any atom is -0.0622 e. The van der Waals surface area contributed by atoms with E-state index < -0.39 is 5.41 Å². The Kier molecular flexibility index (Phi) is 8.84. The maximum Gasteiger partial charge on any atom is 0.0714 e. The van der Waals surface area contributed by atoms with Gasteiger partial charge < -0.3 is 0 Å². The number of benzene rings is 10. The van der Waals surface area contributed by atoms with Crippen LogP contribution < -0.4 is 0 Å². The van der Waals surface area contributed by atoms with Crippen LogP contribution in [-0.4, -0.2) is 0 Å². The Bertz CT molecular complexity index is 3540. The zero-order valence-electron chi connectivity index (χ0n) is 39.4. The van der Waals surface area contributed by atoms with E-state index in [0.29, 0.717) is 0 Å². The largest absolute Gasteiger partial charge is 0.0714 e. The van der Waals surface area contributed by atoms with Crippen molar-refractivity contribution in [2.75, 3.05) is 0 Å². The topological polar surface area (TPSA) is 0 Å². The minimum atomic E-state index is -0.690. The van der Waals surface area contributed by atoms with Crippen LogP contribution in [0.1, 0.15) is 77.8 Å². The molecule has 3 aliphatic carbocycles. The smallest absolute Gasteiger partial charge is 0.0622 e. The van der Waals surface area contributed by atoms with Crippen LogP contribution in [0.2, 0.25) is 0 Å². The average molecular weight is 869 g/mol. The molecule has 0 amide bonds. The molecule has 0 spiro atoms. The van der Waals surface area contributed by atoms with Crippen molar-refractivity contribution in [1.29, 1.82) is 0 Å². The zero-order valence-corrected chi connectivity index (χ0v) is 39.4. The molecule has 68 heavy (non-hydrogen) atoms. The van der Waals surface area contributed by atoms with Crippen LogP contribution in [0, 0.1) is 6.92 Å². The van der Waals surface area contributed by atoms with Crippen molar-refractivity contribution in [2.24, 2.45) is 0 Å². The molecule has 0 aliphatic heterocycles. The summed E-state index contributed by atoms with van der Waals surface area (Å²) in [6.07, 6.45) is 0. The first-order valence-electron chi connectivity index (χ1n) is 24.3. The van der Waals surface area contributed by atoms with Crippen LogP contribution in [0.3, 0.4) is 0 Å². The summed E-state index contributed by atoms with van der Waals surface area (Å²) in [5, 5.41) is 0. The van der Waals surface area contributed by atoms with Gasteiger partial charge in [0.05, 0.1) is 5.41 Å². The second-order valence-corrected chi connectivity index (χ2v) is 20.4. The van der Waals surface area contributed by atoms with E-state index in [1.165, 1.54) is 128 Å². The molecule has 0 heterocycles. The SMILES string of the molecule is Cc1ccccc1-c1cccc2c1-c1ccc(-c3ccccc3)cc1C2(c1cccc(-c2cccc3c2-c2ccccc2C3(C)C)c1)c1cccc(-c2cccc3c2-c2ccccc2C3(C)C)c1. The summed E-state index contributed by atoms with van der Waals surface area (Å²) in [4.78, 5) is 0. The molecule has 10 aromatic carbocycles. The molecular weight excluding hydrogens is 817 g/mol. The lowest BCUT2D eigenvalue weighted by atomic mass is 9.66. The second-order valence-electron chi connectivity index (χ2n) is 20.4. The normalized spacial score (nSPS) is 14.9. The van der Waals surface area contributed by atoms with Gasteiger partial charge in [0, 0.05) is 10.8 Å². The van der Waals surface area contributed by atoms with Gasteiger partial charge in [0.25, 0.3) is 0 Å². The number of fused-ring (bicyclic) bond motifs is 9. The van der Waals surface area contributed by atoms with Gasteiger partial charge >= 0.3 is 0 Å². The van der Waals surface area contributed by atoms with Gasteiger partial charge in [-0.2, -0.15) is 0 Å². The molecule has 10 aromatic rings. The van der Waals surface area contributed by atoms with Crippen molar-refractivity contribution in [3.63, 3.8) is 0 Å². The van der Waals surface area contributed by atoms with Crippen molar-refractivity contribution in [3.05, 3.63) is 275 Å². The monoisotopic (exact) mass is 868 g/mol. The molecule has 324 valence electrons. The molecule has 0 nitrogen and oxygen atoms in total. The highest BCUT2D eigenvalue weighted by molar-refractivity contribution is 5.99. The van der Waals surface area contributed by atoms with Crippen LogP contribution in [0.5, 0.6) is 0 Å². The summed E-state index contributed by atoms with van der Waals surface area (Å²) >= 11 is 0. The second kappa shape index (κ2) is 14.9. The fourth-order valence-corrected chi connectivity index (χ4v) is 12.9. The molecule has 0 aromatic heterocycles. The third kappa shape index (κ3) is 5.61. The van der Waals surface area contributed by atoms with Crippen LogP contribution in [0.25, 0.3) is 77.9 Å². The molecule has 0 radical (unpaired) electrons. The van der Waals surface area contributed by atoms with Gasteiger partial charge in [-0.15, -0.1) is 0 Å². The van der Waals surface area contributed by atoms with Crippen molar-refractivity contribution >= 4 is 0 Å². The maximum absolute atomic E-state index is 2.53. The van der Waals surface area contributed by atoms with Gasteiger partial charge in [0.2, 0.25) is 0 Å². The summed E-state index contributed by atoms with van der Waals surface area (Å²) in [5.41, 5.74) is 29.0. The molecule has 0 saturated carbocycles. The first-order valence-corrected chi connectivity index (χ1v) is 24.3. The predicted octanol–water partition coefficient (Wildman–Crippen LogP) is 17.6. The van der Waals surface area contributed by atoms with Crippen molar-refractivity contribution in [1.82, 2.24) is 0 Å². The molecule has 0 bridgehead atoms. The third-order valence-electron chi connectivity index (χ3n) is 16.1. The van der Waals surface area contributed by atoms with E-state index in [0.717, 1.165) is 0 Å². The maximum atomic E-state index is 2.53. The van der Waals surface area contributed by atoms with Crippen LogP contribution in [-0.2, 0) is 16.2 Å². The quantitative estimate of drug-likeness (QED) is 0.156. The summed E-state index contributed by atoms with van der Waals surface area (Å²) in [7, 11) is 0. The van der Waals surface area contributed by atoms with Gasteiger partial charge in [-0.05, 0) is 153 Å².